The molecular weight excluding hydrogens is 292 g/mol. The minimum Gasteiger partial charge on any atom is -0.397 e. The summed E-state index contributed by atoms with van der Waals surface area (Å²) >= 11 is 0. The van der Waals surface area contributed by atoms with Crippen molar-refractivity contribution in [3.63, 3.8) is 0 Å². The second kappa shape index (κ2) is 6.44. The molecule has 1 aromatic carbocycles. The molecule has 0 bridgehead atoms. The molecule has 1 saturated heterocycles. The minimum atomic E-state index is -3.32. The van der Waals surface area contributed by atoms with Gasteiger partial charge in [-0.25, -0.2) is 8.42 Å². The van der Waals surface area contributed by atoms with Gasteiger partial charge in [0.2, 0.25) is 5.91 Å². The Hall–Kier alpha value is -1.60. The van der Waals surface area contributed by atoms with Crippen LogP contribution < -0.4 is 11.1 Å². The van der Waals surface area contributed by atoms with Crippen molar-refractivity contribution in [1.82, 2.24) is 0 Å². The lowest BCUT2D eigenvalue weighted by Crippen LogP contribution is -2.31. The zero-order chi connectivity index (χ0) is 15.5. The van der Waals surface area contributed by atoms with Gasteiger partial charge >= 0.3 is 0 Å². The fraction of sp³-hybridized carbons (Fsp3) is 0.500. The van der Waals surface area contributed by atoms with E-state index in [1.807, 2.05) is 0 Å². The molecule has 0 aromatic heterocycles. The number of nitrogens with two attached hydrogens (primary N) is 1. The maximum atomic E-state index is 12.2. The molecule has 7 heteroatoms. The molecule has 1 aliphatic rings. The number of nitrogen functional groups attached to an aromatic ring is 1. The fourth-order valence-electron chi connectivity index (χ4n) is 2.39. The van der Waals surface area contributed by atoms with Crippen LogP contribution >= 0.6 is 0 Å². The highest BCUT2D eigenvalue weighted by molar-refractivity contribution is 7.92. The van der Waals surface area contributed by atoms with Gasteiger partial charge in [-0.15, -0.1) is 0 Å². The highest BCUT2D eigenvalue weighted by Gasteiger charge is 2.35. The van der Waals surface area contributed by atoms with Crippen molar-refractivity contribution < 1.29 is 17.9 Å². The predicted octanol–water partition coefficient (Wildman–Crippen LogP) is 1.19. The van der Waals surface area contributed by atoms with Crippen molar-refractivity contribution in [3.8, 4) is 0 Å². The van der Waals surface area contributed by atoms with E-state index in [0.717, 1.165) is 0 Å². The largest absolute Gasteiger partial charge is 0.397 e. The third kappa shape index (κ3) is 3.95. The Morgan fingerprint density at radius 1 is 1.43 bits per heavy atom. The van der Waals surface area contributed by atoms with E-state index in [1.165, 1.54) is 0 Å². The van der Waals surface area contributed by atoms with E-state index in [-0.39, 0.29) is 24.2 Å². The number of amides is 1. The molecule has 116 valence electrons. The molecule has 2 atom stereocenters. The Morgan fingerprint density at radius 3 is 2.76 bits per heavy atom. The summed E-state index contributed by atoms with van der Waals surface area (Å²) in [6.07, 6.45) is 0.110. The Kier molecular flexibility index (Phi) is 4.84. The molecule has 0 radical (unpaired) electrons. The molecular formula is C14H20N2O4S. The van der Waals surface area contributed by atoms with Gasteiger partial charge in [-0.05, 0) is 25.5 Å². The molecule has 3 N–H and O–H groups in total. The van der Waals surface area contributed by atoms with Gasteiger partial charge in [0.15, 0.2) is 9.84 Å². The summed E-state index contributed by atoms with van der Waals surface area (Å²) in [6, 6.07) is 6.86. The number of anilines is 2. The number of carbonyl (C=O) groups is 1. The first-order valence-corrected chi connectivity index (χ1v) is 8.59. The molecule has 1 fully saturated rings. The zero-order valence-corrected chi connectivity index (χ0v) is 12.7. The first kappa shape index (κ1) is 15.8. The number of rotatable bonds is 5. The Balaban J connectivity index is 1.91. The van der Waals surface area contributed by atoms with Crippen LogP contribution in [0.2, 0.25) is 0 Å². The molecule has 21 heavy (non-hydrogen) atoms. The monoisotopic (exact) mass is 312 g/mol. The van der Waals surface area contributed by atoms with Gasteiger partial charge in [0.1, 0.15) is 0 Å². The van der Waals surface area contributed by atoms with Crippen LogP contribution in [-0.2, 0) is 19.4 Å². The maximum Gasteiger partial charge on any atom is 0.225 e. The van der Waals surface area contributed by atoms with Crippen LogP contribution in [0.1, 0.15) is 19.8 Å². The predicted molar refractivity (Wildman–Crippen MR) is 81.7 cm³/mol. The maximum absolute atomic E-state index is 12.2. The van der Waals surface area contributed by atoms with Crippen molar-refractivity contribution in [1.29, 1.82) is 0 Å². The van der Waals surface area contributed by atoms with Gasteiger partial charge < -0.3 is 15.8 Å². The fourth-order valence-corrected chi connectivity index (χ4v) is 4.28. The second-order valence-electron chi connectivity index (χ2n) is 5.16. The molecule has 2 unspecified atom stereocenters. The van der Waals surface area contributed by atoms with E-state index in [4.69, 9.17) is 10.5 Å². The van der Waals surface area contributed by atoms with E-state index >= 15 is 0 Å². The van der Waals surface area contributed by atoms with Crippen molar-refractivity contribution in [3.05, 3.63) is 24.3 Å². The summed E-state index contributed by atoms with van der Waals surface area (Å²) in [7, 11) is -3.32. The lowest BCUT2D eigenvalue weighted by molar-refractivity contribution is -0.115. The molecule has 1 aliphatic heterocycles. The van der Waals surface area contributed by atoms with Crippen molar-refractivity contribution in [2.45, 2.75) is 31.1 Å². The molecule has 1 heterocycles. The summed E-state index contributed by atoms with van der Waals surface area (Å²) < 4.78 is 29.6. The van der Waals surface area contributed by atoms with Crippen LogP contribution in [0.15, 0.2) is 24.3 Å². The van der Waals surface area contributed by atoms with E-state index in [0.29, 0.717) is 24.4 Å². The average Bonchev–Trinajstić information content (AvgIpc) is 2.86. The van der Waals surface area contributed by atoms with Crippen molar-refractivity contribution in [2.24, 2.45) is 0 Å². The van der Waals surface area contributed by atoms with Gasteiger partial charge in [-0.2, -0.15) is 0 Å². The van der Waals surface area contributed by atoms with E-state index in [1.54, 1.807) is 31.2 Å². The SMILES string of the molecule is CC1OCCC1S(=O)(=O)CCC(=O)Nc1ccccc1N. The van der Waals surface area contributed by atoms with Gasteiger partial charge in [-0.1, -0.05) is 12.1 Å². The Labute approximate surface area is 124 Å². The lowest BCUT2D eigenvalue weighted by Gasteiger charge is -2.15. The van der Waals surface area contributed by atoms with Gasteiger partial charge in [0.05, 0.1) is 28.5 Å². The summed E-state index contributed by atoms with van der Waals surface area (Å²) in [5.74, 6) is -0.535. The number of nitrogens with one attached hydrogen (secondary N) is 1. The lowest BCUT2D eigenvalue weighted by atomic mass is 10.2. The first-order valence-electron chi connectivity index (χ1n) is 6.87. The minimum absolute atomic E-state index is 0.0834. The second-order valence-corrected chi connectivity index (χ2v) is 7.49. The number of carbonyl (C=O) groups excluding carboxylic acids is 1. The van der Waals surface area contributed by atoms with Crippen molar-refractivity contribution >= 4 is 27.1 Å². The Morgan fingerprint density at radius 2 is 2.14 bits per heavy atom. The zero-order valence-electron chi connectivity index (χ0n) is 11.9. The molecule has 1 aromatic rings. The molecule has 2 rings (SSSR count). The summed E-state index contributed by atoms with van der Waals surface area (Å²) in [5, 5.41) is 2.12. The Bertz CT molecular complexity index is 615. The summed E-state index contributed by atoms with van der Waals surface area (Å²) in [4.78, 5) is 11.8. The number of benzene rings is 1. The van der Waals surface area contributed by atoms with Crippen LogP contribution in [0, 0.1) is 0 Å². The van der Waals surface area contributed by atoms with Crippen LogP contribution in [-0.4, -0.2) is 38.0 Å². The highest BCUT2D eigenvalue weighted by Crippen LogP contribution is 2.22. The van der Waals surface area contributed by atoms with Gasteiger partial charge in [-0.3, -0.25) is 4.79 Å². The molecule has 0 saturated carbocycles. The van der Waals surface area contributed by atoms with E-state index < -0.39 is 15.1 Å². The third-order valence-electron chi connectivity index (χ3n) is 3.62. The normalized spacial score (nSPS) is 22.1. The summed E-state index contributed by atoms with van der Waals surface area (Å²) in [5.41, 5.74) is 6.67. The molecule has 0 spiro atoms. The van der Waals surface area contributed by atoms with Crippen LogP contribution in [0.3, 0.4) is 0 Å². The molecule has 6 nitrogen and oxygen atoms in total. The van der Waals surface area contributed by atoms with Crippen LogP contribution in [0.4, 0.5) is 11.4 Å². The molecule has 1 amide bonds. The standard InChI is InChI=1S/C14H20N2O4S/c1-10-13(6-8-20-10)21(18,19)9-7-14(17)16-12-5-3-2-4-11(12)15/h2-5,10,13H,6-9,15H2,1H3,(H,16,17). The topological polar surface area (TPSA) is 98.5 Å². The average molecular weight is 312 g/mol. The first-order chi connectivity index (χ1) is 9.90. The number of para-hydroxylation sites is 2. The number of hydrogen-bond donors (Lipinski definition) is 2. The van der Waals surface area contributed by atoms with Crippen LogP contribution in [0.5, 0.6) is 0 Å². The number of hydrogen-bond acceptors (Lipinski definition) is 5. The van der Waals surface area contributed by atoms with E-state index in [9.17, 15) is 13.2 Å². The molecule has 0 aliphatic carbocycles. The van der Waals surface area contributed by atoms with Crippen LogP contribution in [0.25, 0.3) is 0 Å². The van der Waals surface area contributed by atoms with E-state index in [2.05, 4.69) is 5.32 Å². The smallest absolute Gasteiger partial charge is 0.225 e. The third-order valence-corrected chi connectivity index (χ3v) is 5.93. The number of ether oxygens (including phenoxy) is 1. The van der Waals surface area contributed by atoms with Gasteiger partial charge in [0.25, 0.3) is 0 Å². The van der Waals surface area contributed by atoms with Gasteiger partial charge in [0, 0.05) is 13.0 Å². The summed E-state index contributed by atoms with van der Waals surface area (Å²) in [6.45, 7) is 2.21. The number of sulfone groups is 1. The van der Waals surface area contributed by atoms with Crippen molar-refractivity contribution in [2.75, 3.05) is 23.4 Å². The highest BCUT2D eigenvalue weighted by atomic mass is 32.2. The quantitative estimate of drug-likeness (QED) is 0.796.